The van der Waals surface area contributed by atoms with Gasteiger partial charge in [-0.1, -0.05) is 12.1 Å². The number of fused-ring (bicyclic) bond motifs is 1. The summed E-state index contributed by atoms with van der Waals surface area (Å²) < 4.78 is 15.5. The van der Waals surface area contributed by atoms with Crippen molar-refractivity contribution in [1.82, 2.24) is 24.9 Å². The fraction of sp³-hybridized carbons (Fsp3) is 0.158. The van der Waals surface area contributed by atoms with E-state index in [1.54, 1.807) is 24.3 Å². The molecule has 1 amide bonds. The first-order valence-corrected chi connectivity index (χ1v) is 9.22. The van der Waals surface area contributed by atoms with E-state index in [9.17, 15) is 9.18 Å². The minimum Gasteiger partial charge on any atom is -0.342 e. The number of carbonyl (C=O) groups is 1. The van der Waals surface area contributed by atoms with E-state index in [0.29, 0.717) is 28.3 Å². The van der Waals surface area contributed by atoms with Crippen molar-refractivity contribution >= 4 is 22.9 Å². The van der Waals surface area contributed by atoms with Crippen molar-refractivity contribution in [2.24, 2.45) is 0 Å². The molecule has 0 aliphatic carbocycles. The molecule has 0 unspecified atom stereocenters. The highest BCUT2D eigenvalue weighted by Crippen LogP contribution is 2.22. The topological polar surface area (TPSA) is 72.2 Å². The Morgan fingerprint density at radius 2 is 2.11 bits per heavy atom. The molecule has 0 saturated heterocycles. The Bertz CT molecular complexity index is 1140. The van der Waals surface area contributed by atoms with Gasteiger partial charge in [0, 0.05) is 21.9 Å². The van der Waals surface area contributed by atoms with Crippen LogP contribution in [0.15, 0.2) is 48.1 Å². The second-order valence-electron chi connectivity index (χ2n) is 6.17. The van der Waals surface area contributed by atoms with Crippen LogP contribution in [0.1, 0.15) is 34.0 Å². The first-order valence-electron chi connectivity index (χ1n) is 8.34. The monoisotopic (exact) mass is 381 g/mol. The summed E-state index contributed by atoms with van der Waals surface area (Å²) in [5.74, 6) is -0.0561. The van der Waals surface area contributed by atoms with Crippen LogP contribution in [0.25, 0.3) is 16.9 Å². The average molecular weight is 381 g/mol. The minimum atomic E-state index is -0.380. The maximum absolute atomic E-state index is 14.0. The standard InChI is InChI=1S/C19H16FN5OS/c1-11-7-13(9-27-11)19(26)22-12(2)18-23-17-8-16(21-10-25(17)24-18)14-5-3-4-6-15(14)20/h3-10,12H,1-2H3,(H,22,26)/t12-/m0/s1. The number of halogens is 1. The average Bonchev–Trinajstić information content (AvgIpc) is 3.27. The van der Waals surface area contributed by atoms with E-state index < -0.39 is 0 Å². The quantitative estimate of drug-likeness (QED) is 0.584. The fourth-order valence-corrected chi connectivity index (χ4v) is 3.40. The highest BCUT2D eigenvalue weighted by atomic mass is 32.1. The third-order valence-electron chi connectivity index (χ3n) is 4.12. The molecule has 4 rings (SSSR count). The van der Waals surface area contributed by atoms with Crippen molar-refractivity contribution in [1.29, 1.82) is 0 Å². The highest BCUT2D eigenvalue weighted by Gasteiger charge is 2.17. The lowest BCUT2D eigenvalue weighted by Crippen LogP contribution is -2.27. The summed E-state index contributed by atoms with van der Waals surface area (Å²) in [6.45, 7) is 3.77. The predicted molar refractivity (Wildman–Crippen MR) is 101 cm³/mol. The normalized spacial score (nSPS) is 12.3. The van der Waals surface area contributed by atoms with Gasteiger partial charge in [0.2, 0.25) is 0 Å². The first kappa shape index (κ1) is 17.3. The Balaban J connectivity index is 1.59. The van der Waals surface area contributed by atoms with Crippen LogP contribution in [0.2, 0.25) is 0 Å². The summed E-state index contributed by atoms with van der Waals surface area (Å²) in [7, 11) is 0. The smallest absolute Gasteiger partial charge is 0.252 e. The molecule has 0 aliphatic rings. The first-order chi connectivity index (χ1) is 13.0. The molecule has 0 aliphatic heterocycles. The molecule has 0 spiro atoms. The van der Waals surface area contributed by atoms with Crippen LogP contribution < -0.4 is 5.32 Å². The van der Waals surface area contributed by atoms with Gasteiger partial charge in [-0.25, -0.2) is 18.9 Å². The molecule has 1 aromatic carbocycles. The summed E-state index contributed by atoms with van der Waals surface area (Å²) >= 11 is 1.52. The van der Waals surface area contributed by atoms with Gasteiger partial charge in [0.05, 0.1) is 17.3 Å². The Hall–Kier alpha value is -3.13. The number of benzene rings is 1. The highest BCUT2D eigenvalue weighted by molar-refractivity contribution is 7.10. The lowest BCUT2D eigenvalue weighted by molar-refractivity contribution is 0.0938. The third-order valence-corrected chi connectivity index (χ3v) is 4.98. The molecule has 0 saturated carbocycles. The van der Waals surface area contributed by atoms with Crippen molar-refractivity contribution in [3.8, 4) is 11.3 Å². The zero-order valence-electron chi connectivity index (χ0n) is 14.7. The number of thiophene rings is 1. The molecule has 1 N–H and O–H groups in total. The SMILES string of the molecule is Cc1cc(C(=O)N[C@@H](C)c2nc3cc(-c4ccccc4F)ncn3n2)cs1. The van der Waals surface area contributed by atoms with E-state index in [4.69, 9.17) is 0 Å². The molecular formula is C19H16FN5OS. The third kappa shape index (κ3) is 3.43. The van der Waals surface area contributed by atoms with Gasteiger partial charge in [-0.05, 0) is 32.0 Å². The van der Waals surface area contributed by atoms with Gasteiger partial charge in [0.25, 0.3) is 5.91 Å². The van der Waals surface area contributed by atoms with Gasteiger partial charge in [-0.2, -0.15) is 0 Å². The van der Waals surface area contributed by atoms with Crippen LogP contribution in [0.3, 0.4) is 0 Å². The van der Waals surface area contributed by atoms with Crippen LogP contribution in [0.4, 0.5) is 4.39 Å². The summed E-state index contributed by atoms with van der Waals surface area (Å²) in [6, 6.07) is 9.57. The Labute approximate surface area is 158 Å². The van der Waals surface area contributed by atoms with Crippen molar-refractivity contribution in [3.63, 3.8) is 0 Å². The Morgan fingerprint density at radius 3 is 2.85 bits per heavy atom. The van der Waals surface area contributed by atoms with Crippen molar-refractivity contribution < 1.29 is 9.18 Å². The van der Waals surface area contributed by atoms with Crippen molar-refractivity contribution in [3.05, 3.63) is 70.2 Å². The molecule has 4 aromatic rings. The number of amides is 1. The number of nitrogens with one attached hydrogen (secondary N) is 1. The molecule has 0 bridgehead atoms. The van der Waals surface area contributed by atoms with Gasteiger partial charge in [0.1, 0.15) is 12.1 Å². The molecule has 0 radical (unpaired) electrons. The molecule has 0 fully saturated rings. The minimum absolute atomic E-state index is 0.170. The zero-order chi connectivity index (χ0) is 19.0. The molecular weight excluding hydrogens is 365 g/mol. The fourth-order valence-electron chi connectivity index (χ4n) is 2.72. The molecule has 3 aromatic heterocycles. The van der Waals surface area contributed by atoms with Gasteiger partial charge in [-0.3, -0.25) is 4.79 Å². The van der Waals surface area contributed by atoms with E-state index >= 15 is 0 Å². The molecule has 27 heavy (non-hydrogen) atoms. The lowest BCUT2D eigenvalue weighted by atomic mass is 10.1. The van der Waals surface area contributed by atoms with Gasteiger partial charge < -0.3 is 5.32 Å². The Kier molecular flexibility index (Phi) is 4.41. The second-order valence-corrected chi connectivity index (χ2v) is 7.28. The van der Waals surface area contributed by atoms with Gasteiger partial charge in [0.15, 0.2) is 11.5 Å². The number of aromatic nitrogens is 4. The van der Waals surface area contributed by atoms with Crippen molar-refractivity contribution in [2.45, 2.75) is 19.9 Å². The molecule has 136 valence electrons. The summed E-state index contributed by atoms with van der Waals surface area (Å²) in [6.07, 6.45) is 1.49. The molecule has 3 heterocycles. The number of aryl methyl sites for hydroxylation is 1. The number of nitrogens with zero attached hydrogens (tertiary/aromatic N) is 4. The summed E-state index contributed by atoms with van der Waals surface area (Å²) in [5, 5.41) is 9.07. The summed E-state index contributed by atoms with van der Waals surface area (Å²) in [5.41, 5.74) is 2.03. The van der Waals surface area contributed by atoms with Crippen LogP contribution >= 0.6 is 11.3 Å². The van der Waals surface area contributed by atoms with Crippen LogP contribution in [0.5, 0.6) is 0 Å². The number of hydrogen-bond donors (Lipinski definition) is 1. The molecule has 1 atom stereocenters. The van der Waals surface area contributed by atoms with Gasteiger partial charge in [-0.15, -0.1) is 16.4 Å². The number of carbonyl (C=O) groups excluding carboxylic acids is 1. The van der Waals surface area contributed by atoms with E-state index in [1.807, 2.05) is 25.3 Å². The largest absolute Gasteiger partial charge is 0.342 e. The maximum Gasteiger partial charge on any atom is 0.252 e. The summed E-state index contributed by atoms with van der Waals surface area (Å²) in [4.78, 5) is 22.1. The maximum atomic E-state index is 14.0. The number of rotatable bonds is 4. The van der Waals surface area contributed by atoms with E-state index in [0.717, 1.165) is 4.88 Å². The van der Waals surface area contributed by atoms with E-state index in [2.05, 4.69) is 20.4 Å². The van der Waals surface area contributed by atoms with Gasteiger partial charge >= 0.3 is 0 Å². The Morgan fingerprint density at radius 1 is 1.30 bits per heavy atom. The second kappa shape index (κ2) is 6.88. The molecule has 8 heteroatoms. The van der Waals surface area contributed by atoms with Crippen LogP contribution in [-0.2, 0) is 0 Å². The molecule has 6 nitrogen and oxygen atoms in total. The van der Waals surface area contributed by atoms with Crippen molar-refractivity contribution in [2.75, 3.05) is 0 Å². The zero-order valence-corrected chi connectivity index (χ0v) is 15.5. The van der Waals surface area contributed by atoms with Crippen LogP contribution in [0, 0.1) is 12.7 Å². The van der Waals surface area contributed by atoms with E-state index in [-0.39, 0.29) is 17.8 Å². The predicted octanol–water partition coefficient (Wildman–Crippen LogP) is 3.79. The number of hydrogen-bond acceptors (Lipinski definition) is 5. The lowest BCUT2D eigenvalue weighted by Gasteiger charge is -2.09. The van der Waals surface area contributed by atoms with E-state index in [1.165, 1.54) is 28.2 Å². The van der Waals surface area contributed by atoms with Crippen LogP contribution in [-0.4, -0.2) is 25.5 Å².